The molecule has 0 aromatic carbocycles. The number of nitrogens with one attached hydrogen (secondary N) is 1. The summed E-state index contributed by atoms with van der Waals surface area (Å²) in [5, 5.41) is 3.29. The van der Waals surface area contributed by atoms with Crippen LogP contribution in [0.4, 0.5) is 5.69 Å². The molecule has 110 valence electrons. The summed E-state index contributed by atoms with van der Waals surface area (Å²) in [4.78, 5) is 17.6. The van der Waals surface area contributed by atoms with E-state index in [1.807, 2.05) is 0 Å². The van der Waals surface area contributed by atoms with Crippen molar-refractivity contribution in [2.45, 2.75) is 6.92 Å². The van der Waals surface area contributed by atoms with Gasteiger partial charge < -0.3 is 15.8 Å². The summed E-state index contributed by atoms with van der Waals surface area (Å²) in [7, 11) is 0. The molecule has 0 radical (unpaired) electrons. The summed E-state index contributed by atoms with van der Waals surface area (Å²) < 4.78 is 5.34. The second-order valence-corrected chi connectivity index (χ2v) is 5.18. The molecule has 1 aliphatic rings. The molecule has 2 heterocycles. The number of hydrogen-bond donors (Lipinski definition) is 2. The van der Waals surface area contributed by atoms with E-state index < -0.39 is 5.91 Å². The van der Waals surface area contributed by atoms with Crippen molar-refractivity contribution in [2.75, 3.05) is 44.7 Å². The number of nitrogens with two attached hydrogens (primary N) is 1. The number of rotatable bonds is 6. The van der Waals surface area contributed by atoms with Crippen molar-refractivity contribution in [1.82, 2.24) is 9.88 Å². The lowest BCUT2D eigenvalue weighted by atomic mass is 10.1. The molecule has 3 N–H and O–H groups in total. The topological polar surface area (TPSA) is 80.5 Å². The zero-order valence-electron chi connectivity index (χ0n) is 11.8. The van der Waals surface area contributed by atoms with Crippen molar-refractivity contribution in [3.05, 3.63) is 24.0 Å². The minimum atomic E-state index is -0.457. The van der Waals surface area contributed by atoms with Gasteiger partial charge in [0.25, 0.3) is 5.91 Å². The lowest BCUT2D eigenvalue weighted by Gasteiger charge is -2.29. The Bertz CT molecular complexity index is 447. The molecular formula is C14H22N4O2. The number of ether oxygens (including phenoxy) is 1. The zero-order valence-corrected chi connectivity index (χ0v) is 11.8. The first-order valence-electron chi connectivity index (χ1n) is 6.94. The molecule has 0 saturated carbocycles. The summed E-state index contributed by atoms with van der Waals surface area (Å²) in [5.74, 6) is 0.0171. The van der Waals surface area contributed by atoms with E-state index >= 15 is 0 Å². The molecule has 1 aromatic rings. The maximum Gasteiger partial charge on any atom is 0.252 e. The number of pyridine rings is 1. The van der Waals surface area contributed by atoms with Crippen LogP contribution in [0.2, 0.25) is 0 Å². The molecule has 1 unspecified atom stereocenters. The molecule has 1 aromatic heterocycles. The Balaban J connectivity index is 1.83. The fourth-order valence-corrected chi connectivity index (χ4v) is 2.32. The molecule has 0 spiro atoms. The van der Waals surface area contributed by atoms with Crippen LogP contribution in [0, 0.1) is 5.92 Å². The van der Waals surface area contributed by atoms with Crippen molar-refractivity contribution in [3.8, 4) is 0 Å². The van der Waals surface area contributed by atoms with E-state index in [0.717, 1.165) is 45.1 Å². The van der Waals surface area contributed by atoms with Gasteiger partial charge in [0.15, 0.2) is 0 Å². The minimum Gasteiger partial charge on any atom is -0.384 e. The fourth-order valence-electron chi connectivity index (χ4n) is 2.32. The van der Waals surface area contributed by atoms with Crippen molar-refractivity contribution in [3.63, 3.8) is 0 Å². The molecule has 1 atom stereocenters. The van der Waals surface area contributed by atoms with E-state index in [0.29, 0.717) is 11.5 Å². The predicted molar refractivity (Wildman–Crippen MR) is 77.7 cm³/mol. The van der Waals surface area contributed by atoms with Gasteiger partial charge in [-0.1, -0.05) is 6.92 Å². The zero-order chi connectivity index (χ0) is 14.4. The van der Waals surface area contributed by atoms with Crippen molar-refractivity contribution < 1.29 is 9.53 Å². The average molecular weight is 278 g/mol. The van der Waals surface area contributed by atoms with Crippen LogP contribution in [0.25, 0.3) is 0 Å². The van der Waals surface area contributed by atoms with Gasteiger partial charge in [-0.15, -0.1) is 0 Å². The van der Waals surface area contributed by atoms with Crippen LogP contribution in [-0.2, 0) is 4.74 Å². The molecule has 20 heavy (non-hydrogen) atoms. The third-order valence-corrected chi connectivity index (χ3v) is 3.40. The Kier molecular flexibility index (Phi) is 5.31. The van der Waals surface area contributed by atoms with Gasteiger partial charge in [-0.25, -0.2) is 0 Å². The first kappa shape index (κ1) is 14.7. The van der Waals surface area contributed by atoms with Crippen LogP contribution < -0.4 is 11.1 Å². The van der Waals surface area contributed by atoms with Gasteiger partial charge in [0, 0.05) is 38.6 Å². The highest BCUT2D eigenvalue weighted by atomic mass is 16.5. The summed E-state index contributed by atoms with van der Waals surface area (Å²) in [6, 6.07) is 1.78. The van der Waals surface area contributed by atoms with Crippen LogP contribution >= 0.6 is 0 Å². The first-order valence-corrected chi connectivity index (χ1v) is 6.94. The van der Waals surface area contributed by atoms with Crippen LogP contribution in [0.3, 0.4) is 0 Å². The number of carbonyl (C=O) groups is 1. The summed E-state index contributed by atoms with van der Waals surface area (Å²) in [5.41, 5.74) is 6.52. The Morgan fingerprint density at radius 1 is 1.55 bits per heavy atom. The highest BCUT2D eigenvalue weighted by Gasteiger charge is 2.14. The number of aromatic nitrogens is 1. The molecule has 0 aliphatic carbocycles. The Hall–Kier alpha value is -1.66. The molecule has 1 fully saturated rings. The Morgan fingerprint density at radius 3 is 3.00 bits per heavy atom. The van der Waals surface area contributed by atoms with Crippen molar-refractivity contribution >= 4 is 11.6 Å². The third kappa shape index (κ3) is 4.18. The number of nitrogens with zero attached hydrogens (tertiary/aromatic N) is 2. The van der Waals surface area contributed by atoms with Crippen molar-refractivity contribution in [1.29, 1.82) is 0 Å². The second-order valence-electron chi connectivity index (χ2n) is 5.18. The minimum absolute atomic E-state index is 0.436. The number of morpholine rings is 1. The van der Waals surface area contributed by atoms with E-state index in [-0.39, 0.29) is 0 Å². The van der Waals surface area contributed by atoms with Crippen LogP contribution in [0.1, 0.15) is 17.3 Å². The summed E-state index contributed by atoms with van der Waals surface area (Å²) >= 11 is 0. The highest BCUT2D eigenvalue weighted by Crippen LogP contribution is 2.13. The fraction of sp³-hybridized carbons (Fsp3) is 0.571. The molecule has 0 bridgehead atoms. The maximum absolute atomic E-state index is 11.3. The number of primary amides is 1. The second kappa shape index (κ2) is 7.21. The average Bonchev–Trinajstić information content (AvgIpc) is 2.46. The number of carbonyl (C=O) groups excluding carboxylic acids is 1. The van der Waals surface area contributed by atoms with Crippen molar-refractivity contribution in [2.24, 2.45) is 11.7 Å². The van der Waals surface area contributed by atoms with Crippen LogP contribution in [0.15, 0.2) is 18.5 Å². The maximum atomic E-state index is 11.3. The SMILES string of the molecule is CC(CNc1ccncc1C(N)=O)CN1CCOCC1. The molecule has 6 heteroatoms. The lowest BCUT2D eigenvalue weighted by Crippen LogP contribution is -2.40. The number of hydrogen-bond acceptors (Lipinski definition) is 5. The van der Waals surface area contributed by atoms with Gasteiger partial charge in [0.1, 0.15) is 0 Å². The molecule has 1 saturated heterocycles. The van der Waals surface area contributed by atoms with Gasteiger partial charge in [-0.05, 0) is 12.0 Å². The van der Waals surface area contributed by atoms with Gasteiger partial charge in [-0.2, -0.15) is 0 Å². The lowest BCUT2D eigenvalue weighted by molar-refractivity contribution is 0.0325. The van der Waals surface area contributed by atoms with Gasteiger partial charge in [-0.3, -0.25) is 14.7 Å². The summed E-state index contributed by atoms with van der Waals surface area (Å²) in [6.45, 7) is 7.62. The molecule has 6 nitrogen and oxygen atoms in total. The number of anilines is 1. The summed E-state index contributed by atoms with van der Waals surface area (Å²) in [6.07, 6.45) is 3.15. The normalized spacial score (nSPS) is 17.6. The van der Waals surface area contributed by atoms with Crippen LogP contribution in [-0.4, -0.2) is 55.2 Å². The quantitative estimate of drug-likeness (QED) is 0.795. The number of amides is 1. The smallest absolute Gasteiger partial charge is 0.252 e. The Labute approximate surface area is 119 Å². The van der Waals surface area contributed by atoms with Gasteiger partial charge in [0.05, 0.1) is 24.5 Å². The highest BCUT2D eigenvalue weighted by molar-refractivity contribution is 5.98. The molecule has 1 amide bonds. The van der Waals surface area contributed by atoms with Crippen LogP contribution in [0.5, 0.6) is 0 Å². The molecule has 1 aliphatic heterocycles. The molecule has 2 rings (SSSR count). The first-order chi connectivity index (χ1) is 9.66. The van der Waals surface area contributed by atoms with Gasteiger partial charge in [0.2, 0.25) is 0 Å². The molecular weight excluding hydrogens is 256 g/mol. The monoisotopic (exact) mass is 278 g/mol. The van der Waals surface area contributed by atoms with E-state index in [9.17, 15) is 4.79 Å². The third-order valence-electron chi connectivity index (χ3n) is 3.40. The van der Waals surface area contributed by atoms with E-state index in [1.165, 1.54) is 6.20 Å². The van der Waals surface area contributed by atoms with Gasteiger partial charge >= 0.3 is 0 Å². The van der Waals surface area contributed by atoms with E-state index in [1.54, 1.807) is 12.3 Å². The Morgan fingerprint density at radius 2 is 2.30 bits per heavy atom. The predicted octanol–water partition coefficient (Wildman–Crippen LogP) is 0.561. The largest absolute Gasteiger partial charge is 0.384 e. The van der Waals surface area contributed by atoms with E-state index in [4.69, 9.17) is 10.5 Å². The standard InChI is InChI=1S/C14H22N4O2/c1-11(10-18-4-6-20-7-5-18)8-17-13-2-3-16-9-12(13)14(15)19/h2-3,9,11H,4-8,10H2,1H3,(H2,15,19)(H,16,17). The van der Waals surface area contributed by atoms with E-state index in [2.05, 4.69) is 22.1 Å².